The summed E-state index contributed by atoms with van der Waals surface area (Å²) in [7, 11) is 0. The molecule has 1 atom stereocenters. The maximum Gasteiger partial charge on any atom is 0.291 e. The molecule has 3 rings (SSSR count). The van der Waals surface area contributed by atoms with Crippen LogP contribution in [0.4, 0.5) is 11.5 Å². The van der Waals surface area contributed by atoms with Crippen LogP contribution >= 0.6 is 0 Å². The Labute approximate surface area is 146 Å². The van der Waals surface area contributed by atoms with Crippen LogP contribution in [0, 0.1) is 10.1 Å². The van der Waals surface area contributed by atoms with E-state index in [1.165, 1.54) is 19.1 Å². The van der Waals surface area contributed by atoms with Crippen LogP contribution in [-0.2, 0) is 4.79 Å². The lowest BCUT2D eigenvalue weighted by Crippen LogP contribution is -2.45. The molecule has 0 bridgehead atoms. The summed E-state index contributed by atoms with van der Waals surface area (Å²) in [5.74, 6) is -2.91. The minimum absolute atomic E-state index is 0.202. The monoisotopic (exact) mass is 356 g/mol. The Morgan fingerprint density at radius 2 is 1.85 bits per heavy atom. The summed E-state index contributed by atoms with van der Waals surface area (Å²) in [5, 5.41) is 22.6. The molecule has 0 saturated heterocycles. The van der Waals surface area contributed by atoms with Crippen molar-refractivity contribution in [1.82, 2.24) is 9.88 Å². The number of hydrogen-bond acceptors (Lipinski definition) is 7. The number of carbonyl (C=O) groups is 3. The van der Waals surface area contributed by atoms with Crippen molar-refractivity contribution in [2.45, 2.75) is 13.0 Å². The van der Waals surface area contributed by atoms with E-state index in [-0.39, 0.29) is 16.9 Å². The number of amides is 3. The maximum absolute atomic E-state index is 12.4. The number of benzene rings is 1. The van der Waals surface area contributed by atoms with E-state index in [0.717, 1.165) is 17.2 Å². The molecule has 132 valence electrons. The average molecular weight is 356 g/mol. The van der Waals surface area contributed by atoms with Crippen molar-refractivity contribution in [3.05, 3.63) is 57.8 Å². The average Bonchev–Trinajstić information content (AvgIpc) is 2.87. The van der Waals surface area contributed by atoms with Crippen LogP contribution in [0.25, 0.3) is 0 Å². The molecule has 2 heterocycles. The van der Waals surface area contributed by atoms with E-state index in [2.05, 4.69) is 10.3 Å². The van der Waals surface area contributed by atoms with Crippen LogP contribution < -0.4 is 5.32 Å². The van der Waals surface area contributed by atoms with Crippen LogP contribution in [0.5, 0.6) is 5.75 Å². The van der Waals surface area contributed by atoms with E-state index in [1.807, 2.05) is 0 Å². The molecule has 26 heavy (non-hydrogen) atoms. The zero-order valence-corrected chi connectivity index (χ0v) is 13.4. The van der Waals surface area contributed by atoms with Gasteiger partial charge in [-0.25, -0.2) is 4.98 Å². The number of aromatic hydroxyl groups is 1. The molecule has 0 saturated carbocycles. The SMILES string of the molecule is CC(C(=O)Nc1ncc([N+](=O)[O-])cc1O)N1C(=O)c2ccccc2C1=O. The van der Waals surface area contributed by atoms with Gasteiger partial charge in [-0.05, 0) is 19.1 Å². The predicted molar refractivity (Wildman–Crippen MR) is 87.6 cm³/mol. The van der Waals surface area contributed by atoms with Crippen molar-refractivity contribution in [3.8, 4) is 5.75 Å². The number of aromatic nitrogens is 1. The van der Waals surface area contributed by atoms with Gasteiger partial charge in [0, 0.05) is 0 Å². The molecular formula is C16H12N4O6. The Kier molecular flexibility index (Phi) is 4.08. The Morgan fingerprint density at radius 1 is 1.27 bits per heavy atom. The lowest BCUT2D eigenvalue weighted by Gasteiger charge is -2.21. The number of pyridine rings is 1. The van der Waals surface area contributed by atoms with Gasteiger partial charge in [0.1, 0.15) is 12.2 Å². The molecule has 1 unspecified atom stereocenters. The molecule has 2 N–H and O–H groups in total. The Bertz CT molecular complexity index is 923. The Morgan fingerprint density at radius 3 is 2.35 bits per heavy atom. The molecular weight excluding hydrogens is 344 g/mol. The second-order valence-corrected chi connectivity index (χ2v) is 5.51. The topological polar surface area (TPSA) is 143 Å². The second-order valence-electron chi connectivity index (χ2n) is 5.51. The van der Waals surface area contributed by atoms with Gasteiger partial charge in [0.25, 0.3) is 17.5 Å². The summed E-state index contributed by atoms with van der Waals surface area (Å²) in [6.07, 6.45) is 0.863. The van der Waals surface area contributed by atoms with Crippen molar-refractivity contribution < 1.29 is 24.4 Å². The van der Waals surface area contributed by atoms with E-state index in [0.29, 0.717) is 0 Å². The van der Waals surface area contributed by atoms with E-state index < -0.39 is 40.1 Å². The van der Waals surface area contributed by atoms with Gasteiger partial charge in [0.05, 0.1) is 22.1 Å². The van der Waals surface area contributed by atoms with Gasteiger partial charge in [-0.2, -0.15) is 0 Å². The summed E-state index contributed by atoms with van der Waals surface area (Å²) >= 11 is 0. The smallest absolute Gasteiger partial charge is 0.291 e. The molecule has 1 aliphatic heterocycles. The number of anilines is 1. The first-order valence-corrected chi connectivity index (χ1v) is 7.42. The van der Waals surface area contributed by atoms with Gasteiger partial charge >= 0.3 is 0 Å². The fourth-order valence-corrected chi connectivity index (χ4v) is 2.54. The number of rotatable bonds is 4. The highest BCUT2D eigenvalue weighted by atomic mass is 16.6. The summed E-state index contributed by atoms with van der Waals surface area (Å²) in [4.78, 5) is 51.4. The molecule has 0 spiro atoms. The summed E-state index contributed by atoms with van der Waals surface area (Å²) in [6.45, 7) is 1.35. The lowest BCUT2D eigenvalue weighted by atomic mass is 10.1. The molecule has 0 aliphatic carbocycles. The van der Waals surface area contributed by atoms with Crippen LogP contribution in [0.1, 0.15) is 27.6 Å². The van der Waals surface area contributed by atoms with Gasteiger partial charge in [-0.15, -0.1) is 0 Å². The fraction of sp³-hybridized carbons (Fsp3) is 0.125. The third-order valence-electron chi connectivity index (χ3n) is 3.90. The molecule has 0 fully saturated rings. The van der Waals surface area contributed by atoms with E-state index in [9.17, 15) is 29.6 Å². The van der Waals surface area contributed by atoms with Crippen LogP contribution in [-0.4, -0.2) is 43.7 Å². The first-order chi connectivity index (χ1) is 12.3. The van der Waals surface area contributed by atoms with Crippen molar-refractivity contribution >= 4 is 29.2 Å². The highest BCUT2D eigenvalue weighted by Gasteiger charge is 2.40. The van der Waals surface area contributed by atoms with E-state index in [1.54, 1.807) is 12.1 Å². The number of nitrogens with zero attached hydrogens (tertiary/aromatic N) is 3. The summed E-state index contributed by atoms with van der Waals surface area (Å²) < 4.78 is 0. The number of nitro groups is 1. The number of fused-ring (bicyclic) bond motifs is 1. The highest BCUT2D eigenvalue weighted by Crippen LogP contribution is 2.27. The standard InChI is InChI=1S/C16H12N4O6/c1-8(19-15(23)10-4-2-3-5-11(10)16(19)24)14(22)18-13-12(21)6-9(7-17-13)20(25)26/h2-8,21H,1H3,(H,17,18,22). The van der Waals surface area contributed by atoms with Crippen LogP contribution in [0.2, 0.25) is 0 Å². The predicted octanol–water partition coefficient (Wildman–Crippen LogP) is 1.32. The normalized spacial score (nSPS) is 14.1. The fourth-order valence-electron chi connectivity index (χ4n) is 2.54. The van der Waals surface area contributed by atoms with Crippen molar-refractivity contribution in [1.29, 1.82) is 0 Å². The minimum Gasteiger partial charge on any atom is -0.504 e. The number of carbonyl (C=O) groups excluding carboxylic acids is 3. The van der Waals surface area contributed by atoms with Gasteiger partial charge in [-0.3, -0.25) is 29.4 Å². The molecule has 1 aliphatic rings. The number of hydrogen-bond donors (Lipinski definition) is 2. The van der Waals surface area contributed by atoms with Crippen LogP contribution in [0.15, 0.2) is 36.5 Å². The first-order valence-electron chi connectivity index (χ1n) is 7.42. The molecule has 1 aromatic carbocycles. The summed E-state index contributed by atoms with van der Waals surface area (Å²) in [5.41, 5.74) is -0.0455. The largest absolute Gasteiger partial charge is 0.504 e. The number of imide groups is 1. The van der Waals surface area contributed by atoms with Crippen molar-refractivity contribution in [2.24, 2.45) is 0 Å². The van der Waals surface area contributed by atoms with Crippen molar-refractivity contribution in [2.75, 3.05) is 5.32 Å². The molecule has 10 nitrogen and oxygen atoms in total. The van der Waals surface area contributed by atoms with E-state index in [4.69, 9.17) is 0 Å². The molecule has 3 amide bonds. The van der Waals surface area contributed by atoms with Gasteiger partial charge in [0.15, 0.2) is 11.6 Å². The highest BCUT2D eigenvalue weighted by molar-refractivity contribution is 6.23. The van der Waals surface area contributed by atoms with Gasteiger partial charge in [0.2, 0.25) is 5.91 Å². The van der Waals surface area contributed by atoms with Crippen molar-refractivity contribution in [3.63, 3.8) is 0 Å². The number of nitrogens with one attached hydrogen (secondary N) is 1. The Balaban J connectivity index is 1.80. The molecule has 10 heteroatoms. The van der Waals surface area contributed by atoms with Crippen LogP contribution in [0.3, 0.4) is 0 Å². The quantitative estimate of drug-likeness (QED) is 0.478. The first kappa shape index (κ1) is 17.0. The second kappa shape index (κ2) is 6.24. The Hall–Kier alpha value is -3.82. The van der Waals surface area contributed by atoms with Gasteiger partial charge < -0.3 is 10.4 Å². The third-order valence-corrected chi connectivity index (χ3v) is 3.90. The summed E-state index contributed by atoms with van der Waals surface area (Å²) in [6, 6.07) is 5.84. The zero-order chi connectivity index (χ0) is 19.0. The maximum atomic E-state index is 12.4. The zero-order valence-electron chi connectivity index (χ0n) is 13.4. The molecule has 0 radical (unpaired) electrons. The third kappa shape index (κ3) is 2.73. The molecule has 2 aromatic rings. The van der Waals surface area contributed by atoms with E-state index >= 15 is 0 Å². The lowest BCUT2D eigenvalue weighted by molar-refractivity contribution is -0.385. The molecule has 1 aromatic heterocycles. The minimum atomic E-state index is -1.18. The van der Waals surface area contributed by atoms with Gasteiger partial charge in [-0.1, -0.05) is 12.1 Å².